The maximum atomic E-state index is 11.0. The molecule has 0 spiro atoms. The van der Waals surface area contributed by atoms with E-state index in [2.05, 4.69) is 5.32 Å². The van der Waals surface area contributed by atoms with Crippen LogP contribution in [0.2, 0.25) is 0 Å². The molecule has 4 N–H and O–H groups in total. The lowest BCUT2D eigenvalue weighted by atomic mass is 10.2. The average molecular weight is 174 g/mol. The number of amides is 1. The van der Waals surface area contributed by atoms with E-state index in [0.717, 1.165) is 6.42 Å². The molecule has 0 radical (unpaired) electrons. The van der Waals surface area contributed by atoms with Crippen LogP contribution in [0.3, 0.4) is 0 Å². The van der Waals surface area contributed by atoms with Crippen molar-refractivity contribution in [3.8, 4) is 0 Å². The Balaban J connectivity index is 3.54. The van der Waals surface area contributed by atoms with E-state index in [-0.39, 0.29) is 18.6 Å². The molecule has 0 aliphatic heterocycles. The molecule has 1 unspecified atom stereocenters. The van der Waals surface area contributed by atoms with Crippen molar-refractivity contribution in [1.82, 2.24) is 5.32 Å². The van der Waals surface area contributed by atoms with Gasteiger partial charge in [0.05, 0.1) is 6.04 Å². The van der Waals surface area contributed by atoms with Crippen molar-refractivity contribution in [2.75, 3.05) is 6.61 Å². The summed E-state index contributed by atoms with van der Waals surface area (Å²) in [6, 6.07) is -0.364. The van der Waals surface area contributed by atoms with E-state index in [9.17, 15) is 4.79 Å². The smallest absolute Gasteiger partial charge is 0.236 e. The molecule has 0 aromatic rings. The van der Waals surface area contributed by atoms with Gasteiger partial charge in [-0.2, -0.15) is 0 Å². The first-order valence-corrected chi connectivity index (χ1v) is 4.24. The molecule has 0 fully saturated rings. The van der Waals surface area contributed by atoms with Crippen LogP contribution in [-0.2, 0) is 4.79 Å². The van der Waals surface area contributed by atoms with E-state index in [1.54, 1.807) is 6.92 Å². The van der Waals surface area contributed by atoms with Crippen LogP contribution in [0.1, 0.15) is 26.7 Å². The van der Waals surface area contributed by atoms with Crippen LogP contribution in [0.5, 0.6) is 0 Å². The number of hydrogen-bond acceptors (Lipinski definition) is 3. The highest BCUT2D eigenvalue weighted by Crippen LogP contribution is 1.95. The van der Waals surface area contributed by atoms with Crippen molar-refractivity contribution in [1.29, 1.82) is 0 Å². The summed E-state index contributed by atoms with van der Waals surface area (Å²) in [5, 5.41) is 11.3. The lowest BCUT2D eigenvalue weighted by Crippen LogP contribution is -2.42. The molecule has 0 aromatic carbocycles. The Morgan fingerprint density at radius 3 is 2.58 bits per heavy atom. The first-order chi connectivity index (χ1) is 5.57. The van der Waals surface area contributed by atoms with Gasteiger partial charge < -0.3 is 16.2 Å². The molecule has 0 aliphatic rings. The molecule has 2 atom stereocenters. The van der Waals surface area contributed by atoms with Crippen molar-refractivity contribution in [3.63, 3.8) is 0 Å². The van der Waals surface area contributed by atoms with E-state index >= 15 is 0 Å². The lowest BCUT2D eigenvalue weighted by Gasteiger charge is -2.14. The first kappa shape index (κ1) is 11.4. The van der Waals surface area contributed by atoms with Crippen molar-refractivity contribution in [3.05, 3.63) is 0 Å². The maximum Gasteiger partial charge on any atom is 0.236 e. The second kappa shape index (κ2) is 5.97. The van der Waals surface area contributed by atoms with Crippen LogP contribution in [-0.4, -0.2) is 29.7 Å². The van der Waals surface area contributed by atoms with Crippen molar-refractivity contribution < 1.29 is 9.90 Å². The molecular weight excluding hydrogens is 156 g/mol. The highest BCUT2D eigenvalue weighted by Gasteiger charge is 2.09. The van der Waals surface area contributed by atoms with Gasteiger partial charge in [0, 0.05) is 12.6 Å². The van der Waals surface area contributed by atoms with Gasteiger partial charge in [-0.1, -0.05) is 0 Å². The summed E-state index contributed by atoms with van der Waals surface area (Å²) in [4.78, 5) is 11.0. The Labute approximate surface area is 73.1 Å². The SMILES string of the molecule is CC(CCCO)NC(=O)[C@H](C)N. The quantitative estimate of drug-likeness (QED) is 0.531. The van der Waals surface area contributed by atoms with Crippen LogP contribution in [0.4, 0.5) is 0 Å². The van der Waals surface area contributed by atoms with E-state index < -0.39 is 6.04 Å². The molecule has 0 heterocycles. The molecular formula is C8H18N2O2. The minimum absolute atomic E-state index is 0.0932. The van der Waals surface area contributed by atoms with Crippen LogP contribution < -0.4 is 11.1 Å². The number of aliphatic hydroxyl groups is 1. The molecule has 0 aliphatic carbocycles. The van der Waals surface area contributed by atoms with Crippen molar-refractivity contribution >= 4 is 5.91 Å². The third kappa shape index (κ3) is 5.09. The monoisotopic (exact) mass is 174 g/mol. The summed E-state index contributed by atoms with van der Waals surface area (Å²) >= 11 is 0. The number of nitrogens with one attached hydrogen (secondary N) is 1. The van der Waals surface area contributed by atoms with Crippen LogP contribution in [0, 0.1) is 0 Å². The molecule has 12 heavy (non-hydrogen) atoms. The van der Waals surface area contributed by atoms with Crippen LogP contribution >= 0.6 is 0 Å². The fourth-order valence-corrected chi connectivity index (χ4v) is 0.844. The van der Waals surface area contributed by atoms with Crippen LogP contribution in [0.15, 0.2) is 0 Å². The number of hydrogen-bond donors (Lipinski definition) is 3. The summed E-state index contributed by atoms with van der Waals surface area (Å²) in [6.45, 7) is 3.71. The van der Waals surface area contributed by atoms with Gasteiger partial charge >= 0.3 is 0 Å². The van der Waals surface area contributed by atoms with Gasteiger partial charge in [-0.15, -0.1) is 0 Å². The van der Waals surface area contributed by atoms with Gasteiger partial charge in [0.25, 0.3) is 0 Å². The zero-order valence-electron chi connectivity index (χ0n) is 7.71. The zero-order valence-corrected chi connectivity index (χ0v) is 7.71. The fraction of sp³-hybridized carbons (Fsp3) is 0.875. The Kier molecular flexibility index (Phi) is 5.66. The second-order valence-corrected chi connectivity index (χ2v) is 3.06. The van der Waals surface area contributed by atoms with Gasteiger partial charge in [0.2, 0.25) is 5.91 Å². The maximum absolute atomic E-state index is 11.0. The summed E-state index contributed by atoms with van der Waals surface area (Å²) in [7, 11) is 0. The van der Waals surface area contributed by atoms with E-state index in [4.69, 9.17) is 10.8 Å². The summed E-state index contributed by atoms with van der Waals surface area (Å²) < 4.78 is 0. The molecule has 1 amide bonds. The molecule has 0 saturated heterocycles. The molecule has 4 nitrogen and oxygen atoms in total. The molecule has 4 heteroatoms. The third-order valence-electron chi connectivity index (χ3n) is 1.60. The topological polar surface area (TPSA) is 75.3 Å². The Hall–Kier alpha value is -0.610. The predicted octanol–water partition coefficient (Wildman–Crippen LogP) is -0.389. The molecule has 0 bridgehead atoms. The molecule has 72 valence electrons. The van der Waals surface area contributed by atoms with E-state index in [1.165, 1.54) is 0 Å². The molecule has 0 saturated carbocycles. The summed E-state index contributed by atoms with van der Waals surface area (Å²) in [5.41, 5.74) is 5.35. The standard InChI is InChI=1S/C8H18N2O2/c1-6(4-3-5-11)10-8(12)7(2)9/h6-7,11H,3-5,9H2,1-2H3,(H,10,12)/t6?,7-/m0/s1. The summed E-state index contributed by atoms with van der Waals surface area (Å²) in [6.07, 6.45) is 1.50. The normalized spacial score (nSPS) is 15.3. The van der Waals surface area contributed by atoms with Crippen molar-refractivity contribution in [2.24, 2.45) is 5.73 Å². The Morgan fingerprint density at radius 1 is 1.58 bits per heavy atom. The third-order valence-corrected chi connectivity index (χ3v) is 1.60. The van der Waals surface area contributed by atoms with Gasteiger partial charge in [-0.3, -0.25) is 4.79 Å². The molecule has 0 rings (SSSR count). The highest BCUT2D eigenvalue weighted by molar-refractivity contribution is 5.81. The van der Waals surface area contributed by atoms with Gasteiger partial charge in [-0.05, 0) is 26.7 Å². The minimum Gasteiger partial charge on any atom is -0.396 e. The number of carbonyl (C=O) groups excluding carboxylic acids is 1. The number of nitrogens with two attached hydrogens (primary N) is 1. The number of rotatable bonds is 5. The van der Waals surface area contributed by atoms with E-state index in [0.29, 0.717) is 6.42 Å². The Morgan fingerprint density at radius 2 is 2.17 bits per heavy atom. The number of aliphatic hydroxyl groups excluding tert-OH is 1. The van der Waals surface area contributed by atoms with E-state index in [1.807, 2.05) is 6.92 Å². The van der Waals surface area contributed by atoms with Gasteiger partial charge in [-0.25, -0.2) is 0 Å². The molecule has 0 aromatic heterocycles. The largest absolute Gasteiger partial charge is 0.396 e. The second-order valence-electron chi connectivity index (χ2n) is 3.06. The number of carbonyl (C=O) groups is 1. The van der Waals surface area contributed by atoms with Gasteiger partial charge in [0.1, 0.15) is 0 Å². The minimum atomic E-state index is -0.457. The lowest BCUT2D eigenvalue weighted by molar-refractivity contribution is -0.122. The highest BCUT2D eigenvalue weighted by atomic mass is 16.2. The average Bonchev–Trinajstić information content (AvgIpc) is 2.00. The van der Waals surface area contributed by atoms with Gasteiger partial charge in [0.15, 0.2) is 0 Å². The van der Waals surface area contributed by atoms with Crippen molar-refractivity contribution in [2.45, 2.75) is 38.8 Å². The first-order valence-electron chi connectivity index (χ1n) is 4.24. The summed E-state index contributed by atoms with van der Waals surface area (Å²) in [5.74, 6) is -0.138. The Bertz CT molecular complexity index is 137. The predicted molar refractivity (Wildman–Crippen MR) is 47.6 cm³/mol. The fourth-order valence-electron chi connectivity index (χ4n) is 0.844. The zero-order chi connectivity index (χ0) is 9.56. The van der Waals surface area contributed by atoms with Crippen LogP contribution in [0.25, 0.3) is 0 Å².